The molecule has 1 aromatic carbocycles. The minimum absolute atomic E-state index is 0.206. The fourth-order valence-corrected chi connectivity index (χ4v) is 2.54. The van der Waals surface area contributed by atoms with Gasteiger partial charge in [0, 0.05) is 25.2 Å². The molecule has 4 nitrogen and oxygen atoms in total. The van der Waals surface area contributed by atoms with Crippen molar-refractivity contribution in [2.75, 3.05) is 26.4 Å². The zero-order chi connectivity index (χ0) is 13.8. The Morgan fingerprint density at radius 3 is 2.85 bits per heavy atom. The van der Waals surface area contributed by atoms with Crippen molar-refractivity contribution in [1.82, 2.24) is 0 Å². The van der Waals surface area contributed by atoms with E-state index >= 15 is 0 Å². The van der Waals surface area contributed by atoms with Crippen molar-refractivity contribution >= 4 is 11.0 Å². The maximum absolute atomic E-state index is 6.13. The van der Waals surface area contributed by atoms with Crippen LogP contribution in [0.25, 0.3) is 11.0 Å². The summed E-state index contributed by atoms with van der Waals surface area (Å²) in [5.41, 5.74) is 7.01. The van der Waals surface area contributed by atoms with E-state index in [1.165, 1.54) is 0 Å². The molecule has 1 aliphatic heterocycles. The molecule has 0 radical (unpaired) electrons. The third kappa shape index (κ3) is 3.20. The second-order valence-corrected chi connectivity index (χ2v) is 5.39. The lowest BCUT2D eigenvalue weighted by atomic mass is 10.0. The zero-order valence-electron chi connectivity index (χ0n) is 11.6. The Morgan fingerprint density at radius 2 is 2.05 bits per heavy atom. The Kier molecular flexibility index (Phi) is 4.35. The highest BCUT2D eigenvalue weighted by Gasteiger charge is 2.16. The van der Waals surface area contributed by atoms with E-state index in [2.05, 4.69) is 0 Å². The molecular weight excluding hydrogens is 254 g/mol. The standard InChI is InChI=1S/C16H21NO3/c17-14(11-19-10-12-5-7-18-8-6-12)16-9-13-3-1-2-4-15(13)20-16/h1-4,9,12,14H,5-8,10-11,17H2. The van der Waals surface area contributed by atoms with E-state index in [0.717, 1.165) is 49.4 Å². The van der Waals surface area contributed by atoms with Crippen LogP contribution in [0.15, 0.2) is 34.7 Å². The van der Waals surface area contributed by atoms with E-state index in [0.29, 0.717) is 12.5 Å². The van der Waals surface area contributed by atoms with Crippen molar-refractivity contribution in [3.05, 3.63) is 36.1 Å². The lowest BCUT2D eigenvalue weighted by Crippen LogP contribution is -2.23. The number of ether oxygens (including phenoxy) is 2. The SMILES string of the molecule is NC(COCC1CCOCC1)c1cc2ccccc2o1. The first-order chi connectivity index (χ1) is 9.83. The third-order valence-electron chi connectivity index (χ3n) is 3.80. The molecule has 1 fully saturated rings. The van der Waals surface area contributed by atoms with Gasteiger partial charge in [-0.1, -0.05) is 18.2 Å². The number of para-hydroxylation sites is 1. The number of fused-ring (bicyclic) bond motifs is 1. The van der Waals surface area contributed by atoms with Gasteiger partial charge in [0.15, 0.2) is 0 Å². The Morgan fingerprint density at radius 1 is 1.25 bits per heavy atom. The summed E-state index contributed by atoms with van der Waals surface area (Å²) >= 11 is 0. The highest BCUT2D eigenvalue weighted by Crippen LogP contribution is 2.23. The summed E-state index contributed by atoms with van der Waals surface area (Å²) in [7, 11) is 0. The minimum Gasteiger partial charge on any atom is -0.459 e. The van der Waals surface area contributed by atoms with Gasteiger partial charge in [0.05, 0.1) is 12.6 Å². The maximum atomic E-state index is 6.13. The molecule has 1 atom stereocenters. The molecule has 1 aromatic heterocycles. The normalized spacial score (nSPS) is 18.4. The van der Waals surface area contributed by atoms with Crippen LogP contribution in [0.5, 0.6) is 0 Å². The second kappa shape index (κ2) is 6.39. The van der Waals surface area contributed by atoms with E-state index in [4.69, 9.17) is 19.6 Å². The van der Waals surface area contributed by atoms with E-state index < -0.39 is 0 Å². The molecule has 0 spiro atoms. The molecule has 2 heterocycles. The lowest BCUT2D eigenvalue weighted by Gasteiger charge is -2.22. The van der Waals surface area contributed by atoms with E-state index in [9.17, 15) is 0 Å². The average Bonchev–Trinajstić information content (AvgIpc) is 2.92. The molecule has 0 bridgehead atoms. The minimum atomic E-state index is -0.206. The second-order valence-electron chi connectivity index (χ2n) is 5.39. The summed E-state index contributed by atoms with van der Waals surface area (Å²) in [5, 5.41) is 1.09. The van der Waals surface area contributed by atoms with Crippen molar-refractivity contribution in [3.8, 4) is 0 Å². The van der Waals surface area contributed by atoms with Gasteiger partial charge in [0.25, 0.3) is 0 Å². The first-order valence-corrected chi connectivity index (χ1v) is 7.22. The van der Waals surface area contributed by atoms with E-state index in [-0.39, 0.29) is 6.04 Å². The molecule has 0 amide bonds. The number of furan rings is 1. The lowest BCUT2D eigenvalue weighted by molar-refractivity contribution is 0.0164. The molecule has 0 aliphatic carbocycles. The van der Waals surface area contributed by atoms with Gasteiger partial charge in [0.1, 0.15) is 11.3 Å². The van der Waals surface area contributed by atoms with Gasteiger partial charge in [-0.2, -0.15) is 0 Å². The van der Waals surface area contributed by atoms with Crippen molar-refractivity contribution in [2.45, 2.75) is 18.9 Å². The van der Waals surface area contributed by atoms with Gasteiger partial charge in [-0.25, -0.2) is 0 Å². The fraction of sp³-hybridized carbons (Fsp3) is 0.500. The third-order valence-corrected chi connectivity index (χ3v) is 3.80. The molecule has 1 unspecified atom stereocenters. The van der Waals surface area contributed by atoms with Crippen LogP contribution >= 0.6 is 0 Å². The molecule has 4 heteroatoms. The molecule has 1 saturated heterocycles. The highest BCUT2D eigenvalue weighted by atomic mass is 16.5. The Balaban J connectivity index is 1.52. The number of rotatable bonds is 5. The van der Waals surface area contributed by atoms with Gasteiger partial charge < -0.3 is 19.6 Å². The highest BCUT2D eigenvalue weighted by molar-refractivity contribution is 5.77. The van der Waals surface area contributed by atoms with Crippen LogP contribution in [0.2, 0.25) is 0 Å². The first-order valence-electron chi connectivity index (χ1n) is 7.22. The summed E-state index contributed by atoms with van der Waals surface area (Å²) in [6, 6.07) is 9.73. The average molecular weight is 275 g/mol. The summed E-state index contributed by atoms with van der Waals surface area (Å²) in [6.45, 7) is 2.96. The molecule has 20 heavy (non-hydrogen) atoms. The number of hydrogen-bond donors (Lipinski definition) is 1. The molecule has 108 valence electrons. The van der Waals surface area contributed by atoms with E-state index in [1.807, 2.05) is 30.3 Å². The van der Waals surface area contributed by atoms with Crippen molar-refractivity contribution in [1.29, 1.82) is 0 Å². The summed E-state index contributed by atoms with van der Waals surface area (Å²) in [4.78, 5) is 0. The predicted octanol–water partition coefficient (Wildman–Crippen LogP) is 2.88. The van der Waals surface area contributed by atoms with Gasteiger partial charge in [-0.05, 0) is 30.9 Å². The molecule has 1 aliphatic rings. The van der Waals surface area contributed by atoms with Crippen LogP contribution in [0.3, 0.4) is 0 Å². The zero-order valence-corrected chi connectivity index (χ0v) is 11.6. The topological polar surface area (TPSA) is 57.6 Å². The summed E-state index contributed by atoms with van der Waals surface area (Å²) in [5.74, 6) is 1.39. The van der Waals surface area contributed by atoms with Crippen LogP contribution < -0.4 is 5.73 Å². The van der Waals surface area contributed by atoms with Crippen molar-refractivity contribution < 1.29 is 13.9 Å². The monoisotopic (exact) mass is 275 g/mol. The van der Waals surface area contributed by atoms with Crippen LogP contribution in [-0.2, 0) is 9.47 Å². The van der Waals surface area contributed by atoms with Crippen LogP contribution in [0.4, 0.5) is 0 Å². The molecule has 2 aromatic rings. The summed E-state index contributed by atoms with van der Waals surface area (Å²) < 4.78 is 16.8. The van der Waals surface area contributed by atoms with Crippen molar-refractivity contribution in [3.63, 3.8) is 0 Å². The van der Waals surface area contributed by atoms with Crippen LogP contribution in [0.1, 0.15) is 24.6 Å². The van der Waals surface area contributed by atoms with Gasteiger partial charge >= 0.3 is 0 Å². The quantitative estimate of drug-likeness (QED) is 0.911. The van der Waals surface area contributed by atoms with Crippen LogP contribution in [-0.4, -0.2) is 26.4 Å². The number of hydrogen-bond acceptors (Lipinski definition) is 4. The predicted molar refractivity (Wildman–Crippen MR) is 77.5 cm³/mol. The smallest absolute Gasteiger partial charge is 0.134 e. The van der Waals surface area contributed by atoms with Crippen LogP contribution in [0, 0.1) is 5.92 Å². The number of nitrogens with two attached hydrogens (primary N) is 1. The van der Waals surface area contributed by atoms with Gasteiger partial charge in [0.2, 0.25) is 0 Å². The molecule has 0 saturated carbocycles. The maximum Gasteiger partial charge on any atom is 0.134 e. The van der Waals surface area contributed by atoms with E-state index in [1.54, 1.807) is 0 Å². The fourth-order valence-electron chi connectivity index (χ4n) is 2.54. The molecule has 3 rings (SSSR count). The molecule has 2 N–H and O–H groups in total. The van der Waals surface area contributed by atoms with Gasteiger partial charge in [-0.3, -0.25) is 0 Å². The Hall–Kier alpha value is -1.36. The summed E-state index contributed by atoms with van der Waals surface area (Å²) in [6.07, 6.45) is 2.17. The first kappa shape index (κ1) is 13.6. The largest absolute Gasteiger partial charge is 0.459 e. The molecular formula is C16H21NO3. The Bertz CT molecular complexity index is 512. The Labute approximate surface area is 118 Å². The van der Waals surface area contributed by atoms with Gasteiger partial charge in [-0.15, -0.1) is 0 Å². The van der Waals surface area contributed by atoms with Crippen molar-refractivity contribution in [2.24, 2.45) is 11.7 Å². The number of benzene rings is 1.